The molecule has 0 aliphatic carbocycles. The molecular weight excluding hydrogens is 461 g/mol. The zero-order chi connectivity index (χ0) is 25.6. The molecule has 5 nitrogen and oxygen atoms in total. The third kappa shape index (κ3) is 78.8. The molecule has 0 saturated heterocycles. The van der Waals surface area contributed by atoms with Crippen LogP contribution in [0.1, 0.15) is 27.2 Å². The van der Waals surface area contributed by atoms with E-state index in [1.54, 1.807) is 14.2 Å². The SMILES string of the molecule is CC.CC[Si](C)(O)O[Si](C)(C)C.COCCC[SiH](C)OC.C[SiH](C)O.C[Si](C)(C)C. The number of hydrogen-bond donors (Lipinski definition) is 2. The van der Waals surface area contributed by atoms with E-state index in [-0.39, 0.29) is 0 Å². The summed E-state index contributed by atoms with van der Waals surface area (Å²) in [5.74, 6) is 0. The fourth-order valence-electron chi connectivity index (χ4n) is 1.36. The van der Waals surface area contributed by atoms with Gasteiger partial charge in [-0.25, -0.2) is 0 Å². The largest absolute Gasteiger partial charge is 0.436 e. The monoisotopic (exact) mass is 520 g/mol. The Morgan fingerprint density at radius 1 is 0.833 bits per heavy atom. The Morgan fingerprint density at radius 3 is 1.33 bits per heavy atom. The summed E-state index contributed by atoms with van der Waals surface area (Å²) < 4.78 is 15.7. The maximum absolute atomic E-state index is 9.61. The van der Waals surface area contributed by atoms with Crippen LogP contribution in [0.15, 0.2) is 0 Å². The van der Waals surface area contributed by atoms with Crippen LogP contribution in [-0.4, -0.2) is 73.5 Å². The van der Waals surface area contributed by atoms with Crippen molar-refractivity contribution in [2.45, 2.75) is 111 Å². The highest BCUT2D eigenvalue weighted by Gasteiger charge is 2.30. The summed E-state index contributed by atoms with van der Waals surface area (Å²) in [6, 6.07) is 2.02. The van der Waals surface area contributed by atoms with Crippen molar-refractivity contribution in [3.8, 4) is 0 Å². The maximum Gasteiger partial charge on any atom is 0.321 e. The molecule has 2 unspecified atom stereocenters. The van der Waals surface area contributed by atoms with Crippen molar-refractivity contribution < 1.29 is 22.9 Å². The maximum atomic E-state index is 9.61. The standard InChI is InChI=1S/C6H18O2Si2.C6H16O2Si.C4H12Si.C2H8OSi.C2H6/c1-6-10(5,7)8-9(2,3)4;1-7-5-4-6-9(3)8-2;1-5(2,3)4;1-4(2)3;1-2/h7H,6H2,1-5H3;9H,4-6H2,1-3H3;1-4H3;3-4H,1-2H3;1-2H3. The van der Waals surface area contributed by atoms with Crippen molar-refractivity contribution in [3.05, 3.63) is 0 Å². The Bertz CT molecular complexity index is 311. The average molecular weight is 521 g/mol. The van der Waals surface area contributed by atoms with E-state index in [1.807, 2.05) is 40.4 Å². The molecule has 0 heterocycles. The van der Waals surface area contributed by atoms with E-state index < -0.39 is 43.0 Å². The topological polar surface area (TPSA) is 68.2 Å². The van der Waals surface area contributed by atoms with E-state index >= 15 is 0 Å². The van der Waals surface area contributed by atoms with E-state index in [9.17, 15) is 4.80 Å². The van der Waals surface area contributed by atoms with Crippen molar-refractivity contribution in [2.24, 2.45) is 0 Å². The van der Waals surface area contributed by atoms with E-state index in [2.05, 4.69) is 52.4 Å². The van der Waals surface area contributed by atoms with Crippen molar-refractivity contribution in [1.82, 2.24) is 0 Å². The van der Waals surface area contributed by atoms with E-state index in [4.69, 9.17) is 18.1 Å². The lowest BCUT2D eigenvalue weighted by Gasteiger charge is -2.28. The summed E-state index contributed by atoms with van der Waals surface area (Å²) in [6.45, 7) is 30.2. The first-order chi connectivity index (χ1) is 13.3. The zero-order valence-corrected chi connectivity index (χ0v) is 28.9. The third-order valence-electron chi connectivity index (χ3n) is 2.54. The minimum Gasteiger partial charge on any atom is -0.436 e. The van der Waals surface area contributed by atoms with Gasteiger partial charge in [-0.05, 0) is 64.3 Å². The molecule has 0 fully saturated rings. The van der Waals surface area contributed by atoms with Crippen LogP contribution in [-0.2, 0) is 13.3 Å². The highest BCUT2D eigenvalue weighted by Crippen LogP contribution is 2.14. The van der Waals surface area contributed by atoms with Gasteiger partial charge in [-0.15, -0.1) is 0 Å². The van der Waals surface area contributed by atoms with Crippen molar-refractivity contribution in [3.63, 3.8) is 0 Å². The quantitative estimate of drug-likeness (QED) is 0.308. The minimum atomic E-state index is -2.25. The molecule has 190 valence electrons. The van der Waals surface area contributed by atoms with Gasteiger partial charge in [0, 0.05) is 28.9 Å². The van der Waals surface area contributed by atoms with Crippen LogP contribution in [0, 0.1) is 0 Å². The van der Waals surface area contributed by atoms with E-state index in [1.165, 1.54) is 6.04 Å². The highest BCUT2D eigenvalue weighted by molar-refractivity contribution is 6.81. The summed E-state index contributed by atoms with van der Waals surface area (Å²) >= 11 is 0. The van der Waals surface area contributed by atoms with Crippen LogP contribution >= 0.6 is 0 Å². The van der Waals surface area contributed by atoms with Crippen molar-refractivity contribution in [1.29, 1.82) is 0 Å². The molecule has 0 spiro atoms. The first-order valence-corrected chi connectivity index (χ1v) is 26.7. The van der Waals surface area contributed by atoms with Gasteiger partial charge in [0.05, 0.1) is 0 Å². The van der Waals surface area contributed by atoms with Crippen LogP contribution in [0.25, 0.3) is 0 Å². The van der Waals surface area contributed by atoms with Crippen LogP contribution in [0.4, 0.5) is 0 Å². The van der Waals surface area contributed by atoms with Gasteiger partial charge in [-0.3, -0.25) is 0 Å². The molecule has 0 saturated carbocycles. The summed E-state index contributed by atoms with van der Waals surface area (Å²) in [7, 11) is -2.77. The Labute approximate surface area is 197 Å². The number of methoxy groups -OCH3 is 1. The molecule has 0 aliphatic heterocycles. The van der Waals surface area contributed by atoms with Gasteiger partial charge in [-0.2, -0.15) is 0 Å². The summed E-state index contributed by atoms with van der Waals surface area (Å²) in [5, 5.41) is 0. The van der Waals surface area contributed by atoms with Gasteiger partial charge in [0.25, 0.3) is 0 Å². The lowest BCUT2D eigenvalue weighted by molar-refractivity contribution is 0.198. The minimum absolute atomic E-state index is 0.611. The Kier molecular flexibility index (Phi) is 33.7. The number of ether oxygens (including phenoxy) is 1. The molecule has 2 N–H and O–H groups in total. The molecule has 0 aromatic heterocycles. The molecule has 0 aromatic rings. The fourth-order valence-corrected chi connectivity index (χ4v) is 8.20. The fraction of sp³-hybridized carbons (Fsp3) is 1.00. The number of hydrogen-bond acceptors (Lipinski definition) is 5. The molecule has 2 atom stereocenters. The van der Waals surface area contributed by atoms with Crippen molar-refractivity contribution >= 4 is 43.0 Å². The third-order valence-corrected chi connectivity index (χ3v) is 10.1. The summed E-state index contributed by atoms with van der Waals surface area (Å²) in [5.41, 5.74) is 0. The van der Waals surface area contributed by atoms with Gasteiger partial charge in [0.15, 0.2) is 26.4 Å². The predicted octanol–water partition coefficient (Wildman–Crippen LogP) is 5.89. The van der Waals surface area contributed by atoms with Gasteiger partial charge in [0.2, 0.25) is 0 Å². The van der Waals surface area contributed by atoms with Crippen LogP contribution < -0.4 is 0 Å². The Hall–Kier alpha value is 0.884. The van der Waals surface area contributed by atoms with E-state index in [0.29, 0.717) is 0 Å². The first-order valence-electron chi connectivity index (χ1n) is 11.4. The smallest absolute Gasteiger partial charge is 0.321 e. The molecule has 10 heteroatoms. The van der Waals surface area contributed by atoms with Crippen LogP contribution in [0.5, 0.6) is 0 Å². The van der Waals surface area contributed by atoms with E-state index in [0.717, 1.165) is 19.1 Å². The number of rotatable bonds is 8. The lowest BCUT2D eigenvalue weighted by Crippen LogP contribution is -2.44. The molecule has 0 radical (unpaired) electrons. The van der Waals surface area contributed by atoms with Gasteiger partial charge < -0.3 is 22.9 Å². The van der Waals surface area contributed by atoms with Gasteiger partial charge in [0.1, 0.15) is 0 Å². The molecule has 0 amide bonds. The average Bonchev–Trinajstić information content (AvgIpc) is 2.53. The van der Waals surface area contributed by atoms with Crippen LogP contribution in [0.3, 0.4) is 0 Å². The molecule has 0 aliphatic rings. The summed E-state index contributed by atoms with van der Waals surface area (Å²) in [4.78, 5) is 17.8. The zero-order valence-electron chi connectivity index (χ0n) is 23.6. The van der Waals surface area contributed by atoms with Crippen LogP contribution in [0.2, 0.25) is 84.1 Å². The second-order valence-corrected chi connectivity index (χ2v) is 29.0. The molecular formula is C20H60O5Si5. The Balaban J connectivity index is -0.0000000952. The second-order valence-electron chi connectivity index (χ2n) is 10.0. The normalized spacial score (nSPS) is 13.7. The first kappa shape index (κ1) is 41.2. The Morgan fingerprint density at radius 2 is 1.17 bits per heavy atom. The van der Waals surface area contributed by atoms with Gasteiger partial charge in [-0.1, -0.05) is 47.0 Å². The molecule has 0 rings (SSSR count). The lowest BCUT2D eigenvalue weighted by atomic mass is 10.5. The second kappa shape index (κ2) is 24.5. The highest BCUT2D eigenvalue weighted by atomic mass is 28.4. The molecule has 0 bridgehead atoms. The molecule has 30 heavy (non-hydrogen) atoms. The predicted molar refractivity (Wildman–Crippen MR) is 152 cm³/mol. The van der Waals surface area contributed by atoms with Crippen molar-refractivity contribution in [2.75, 3.05) is 20.8 Å². The molecule has 0 aromatic carbocycles. The summed E-state index contributed by atoms with van der Waals surface area (Å²) in [6.07, 6.45) is 1.15. The van der Waals surface area contributed by atoms with Gasteiger partial charge >= 0.3 is 8.56 Å².